The van der Waals surface area contributed by atoms with Crippen molar-refractivity contribution in [3.8, 4) is 5.75 Å². The Morgan fingerprint density at radius 1 is 1.24 bits per heavy atom. The third-order valence-electron chi connectivity index (χ3n) is 3.00. The van der Waals surface area contributed by atoms with E-state index in [1.54, 1.807) is 19.2 Å². The molecule has 1 N–H and O–H groups in total. The van der Waals surface area contributed by atoms with Gasteiger partial charge in [0, 0.05) is 13.0 Å². The van der Waals surface area contributed by atoms with E-state index in [1.165, 1.54) is 13.3 Å². The summed E-state index contributed by atoms with van der Waals surface area (Å²) < 4.78 is 5.30. The first-order valence-electron chi connectivity index (χ1n) is 8.31. The molecule has 2 aromatic heterocycles. The SMILES string of the molecule is CCC.CCCc1nc(Nc2cc(Cl)nnc2C(C)=O)ccc1OC. The Labute approximate surface area is 154 Å². The molecule has 2 rings (SSSR count). The Balaban J connectivity index is 0.000000970. The predicted molar refractivity (Wildman–Crippen MR) is 101 cm³/mol. The number of anilines is 2. The largest absolute Gasteiger partial charge is 0.495 e. The molecule has 0 radical (unpaired) electrons. The van der Waals surface area contributed by atoms with Gasteiger partial charge in [-0.3, -0.25) is 4.79 Å². The van der Waals surface area contributed by atoms with Crippen LogP contribution in [-0.4, -0.2) is 28.1 Å². The smallest absolute Gasteiger partial charge is 0.182 e. The standard InChI is InChI=1S/C15H17ClN4O2.C3H8/c1-4-5-10-12(22-3)6-7-14(17-10)18-11-8-13(16)19-20-15(11)9(2)21;1-3-2/h6-8H,4-5H2,1-3H3,(H,17,18,19);3H2,1-2H3. The maximum absolute atomic E-state index is 11.6. The normalized spacial score (nSPS) is 9.84. The van der Waals surface area contributed by atoms with Gasteiger partial charge in [-0.15, -0.1) is 10.2 Å². The topological polar surface area (TPSA) is 77.0 Å². The van der Waals surface area contributed by atoms with Crippen LogP contribution in [0.3, 0.4) is 0 Å². The van der Waals surface area contributed by atoms with Crippen molar-refractivity contribution in [2.45, 2.75) is 47.0 Å². The molecule has 0 aromatic carbocycles. The molecule has 6 nitrogen and oxygen atoms in total. The molecule has 0 aliphatic rings. The number of nitrogens with one attached hydrogen (secondary N) is 1. The van der Waals surface area contributed by atoms with Crippen LogP contribution in [0.25, 0.3) is 0 Å². The minimum absolute atomic E-state index is 0.200. The number of carbonyl (C=O) groups excluding carboxylic acids is 1. The van der Waals surface area contributed by atoms with E-state index in [0.29, 0.717) is 11.5 Å². The zero-order valence-corrected chi connectivity index (χ0v) is 16.1. The van der Waals surface area contributed by atoms with Crippen LogP contribution < -0.4 is 10.1 Å². The van der Waals surface area contributed by atoms with Crippen LogP contribution >= 0.6 is 11.6 Å². The highest BCUT2D eigenvalue weighted by Crippen LogP contribution is 2.25. The van der Waals surface area contributed by atoms with E-state index in [0.717, 1.165) is 24.3 Å². The van der Waals surface area contributed by atoms with Crippen LogP contribution in [0.4, 0.5) is 11.5 Å². The summed E-state index contributed by atoms with van der Waals surface area (Å²) in [4.78, 5) is 16.1. The van der Waals surface area contributed by atoms with Crippen LogP contribution in [0.15, 0.2) is 18.2 Å². The zero-order chi connectivity index (χ0) is 18.8. The first-order chi connectivity index (χ1) is 12.0. The lowest BCUT2D eigenvalue weighted by molar-refractivity contribution is 0.101. The summed E-state index contributed by atoms with van der Waals surface area (Å²) in [6.45, 7) is 7.74. The van der Waals surface area contributed by atoms with Crippen molar-refractivity contribution in [2.75, 3.05) is 12.4 Å². The summed E-state index contributed by atoms with van der Waals surface area (Å²) >= 11 is 5.85. The molecule has 0 bridgehead atoms. The number of nitrogens with zero attached hydrogens (tertiary/aromatic N) is 3. The van der Waals surface area contributed by atoms with Gasteiger partial charge < -0.3 is 10.1 Å². The number of rotatable bonds is 6. The van der Waals surface area contributed by atoms with E-state index in [2.05, 4.69) is 41.3 Å². The van der Waals surface area contributed by atoms with Gasteiger partial charge in [-0.05, 0) is 18.6 Å². The molecular weight excluding hydrogens is 340 g/mol. The zero-order valence-electron chi connectivity index (χ0n) is 15.4. The van der Waals surface area contributed by atoms with Gasteiger partial charge in [0.1, 0.15) is 11.6 Å². The molecule has 0 unspecified atom stereocenters. The third kappa shape index (κ3) is 6.31. The average Bonchev–Trinajstić information content (AvgIpc) is 2.56. The van der Waals surface area contributed by atoms with E-state index in [4.69, 9.17) is 16.3 Å². The molecule has 0 saturated carbocycles. The number of pyridine rings is 1. The number of ether oxygens (including phenoxy) is 1. The van der Waals surface area contributed by atoms with E-state index in [9.17, 15) is 4.79 Å². The first-order valence-corrected chi connectivity index (χ1v) is 8.69. The molecule has 7 heteroatoms. The van der Waals surface area contributed by atoms with Crippen LogP contribution in [0.1, 0.15) is 56.7 Å². The van der Waals surface area contributed by atoms with E-state index >= 15 is 0 Å². The van der Waals surface area contributed by atoms with Gasteiger partial charge in [0.25, 0.3) is 0 Å². The van der Waals surface area contributed by atoms with Gasteiger partial charge in [0.2, 0.25) is 0 Å². The highest BCUT2D eigenvalue weighted by Gasteiger charge is 2.13. The molecule has 136 valence electrons. The minimum Gasteiger partial charge on any atom is -0.495 e. The number of aryl methyl sites for hydroxylation is 1. The fourth-order valence-corrected chi connectivity index (χ4v) is 2.17. The summed E-state index contributed by atoms with van der Waals surface area (Å²) in [7, 11) is 1.61. The highest BCUT2D eigenvalue weighted by molar-refractivity contribution is 6.29. The molecule has 25 heavy (non-hydrogen) atoms. The maximum atomic E-state index is 11.6. The van der Waals surface area contributed by atoms with Crippen molar-refractivity contribution in [1.29, 1.82) is 0 Å². The van der Waals surface area contributed by atoms with E-state index in [1.807, 2.05) is 6.07 Å². The average molecular weight is 365 g/mol. The van der Waals surface area contributed by atoms with Crippen LogP contribution in [0.2, 0.25) is 5.15 Å². The van der Waals surface area contributed by atoms with Crippen molar-refractivity contribution in [3.05, 3.63) is 34.7 Å². The summed E-state index contributed by atoms with van der Waals surface area (Å²) in [5, 5.41) is 10.8. The molecule has 0 fully saturated rings. The second kappa shape index (κ2) is 10.6. The van der Waals surface area contributed by atoms with Gasteiger partial charge in [0.15, 0.2) is 16.6 Å². The molecule has 0 spiro atoms. The molecule has 0 atom stereocenters. The van der Waals surface area contributed by atoms with Gasteiger partial charge in [-0.2, -0.15) is 0 Å². The van der Waals surface area contributed by atoms with Crippen LogP contribution in [0, 0.1) is 0 Å². The summed E-state index contributed by atoms with van der Waals surface area (Å²) in [5.41, 5.74) is 1.55. The van der Waals surface area contributed by atoms with Crippen molar-refractivity contribution >= 4 is 28.9 Å². The van der Waals surface area contributed by atoms with Crippen LogP contribution in [-0.2, 0) is 6.42 Å². The monoisotopic (exact) mass is 364 g/mol. The molecule has 0 aliphatic heterocycles. The number of carbonyl (C=O) groups is 1. The highest BCUT2D eigenvalue weighted by atomic mass is 35.5. The quantitative estimate of drug-likeness (QED) is 0.738. The Morgan fingerprint density at radius 2 is 1.92 bits per heavy atom. The lowest BCUT2D eigenvalue weighted by atomic mass is 10.2. The van der Waals surface area contributed by atoms with Gasteiger partial charge in [-0.1, -0.05) is 45.2 Å². The Kier molecular flexibility index (Phi) is 8.84. The second-order valence-electron chi connectivity index (χ2n) is 5.41. The number of halogens is 1. The van der Waals surface area contributed by atoms with E-state index in [-0.39, 0.29) is 16.6 Å². The number of aromatic nitrogens is 3. The Hall–Kier alpha value is -2.21. The molecule has 0 aliphatic carbocycles. The number of hydrogen-bond donors (Lipinski definition) is 1. The number of hydrogen-bond acceptors (Lipinski definition) is 6. The number of Topliss-reactive ketones (excluding diaryl/α,β-unsaturated/α-hetero) is 1. The summed E-state index contributed by atoms with van der Waals surface area (Å²) in [6.07, 6.45) is 3.00. The summed E-state index contributed by atoms with van der Waals surface area (Å²) in [5.74, 6) is 1.13. The number of ketones is 1. The molecular formula is C18H25ClN4O2. The third-order valence-corrected chi connectivity index (χ3v) is 3.18. The maximum Gasteiger partial charge on any atom is 0.182 e. The lowest BCUT2D eigenvalue weighted by Crippen LogP contribution is -2.07. The van der Waals surface area contributed by atoms with Gasteiger partial charge in [0.05, 0.1) is 18.5 Å². The van der Waals surface area contributed by atoms with Crippen LogP contribution in [0.5, 0.6) is 5.75 Å². The number of methoxy groups -OCH3 is 1. The van der Waals surface area contributed by atoms with Gasteiger partial charge in [-0.25, -0.2) is 4.98 Å². The Bertz CT molecular complexity index is 707. The second-order valence-corrected chi connectivity index (χ2v) is 5.80. The molecule has 2 heterocycles. The molecule has 0 amide bonds. The van der Waals surface area contributed by atoms with Gasteiger partial charge >= 0.3 is 0 Å². The van der Waals surface area contributed by atoms with Crippen molar-refractivity contribution < 1.29 is 9.53 Å². The fraction of sp³-hybridized carbons (Fsp3) is 0.444. The fourth-order valence-electron chi connectivity index (χ4n) is 2.02. The van der Waals surface area contributed by atoms with E-state index < -0.39 is 0 Å². The van der Waals surface area contributed by atoms with Crippen molar-refractivity contribution in [3.63, 3.8) is 0 Å². The van der Waals surface area contributed by atoms with Crippen molar-refractivity contribution in [1.82, 2.24) is 15.2 Å². The molecule has 0 saturated heterocycles. The van der Waals surface area contributed by atoms with Crippen molar-refractivity contribution in [2.24, 2.45) is 0 Å². The minimum atomic E-state index is -0.200. The lowest BCUT2D eigenvalue weighted by Gasteiger charge is -2.12. The first kappa shape index (κ1) is 20.8. The predicted octanol–water partition coefficient (Wildman–Crippen LogP) is 4.85. The molecule has 2 aromatic rings. The summed E-state index contributed by atoms with van der Waals surface area (Å²) in [6, 6.07) is 5.16. The Morgan fingerprint density at radius 3 is 2.48 bits per heavy atom.